The first-order chi connectivity index (χ1) is 7.72. The monoisotopic (exact) mass is 217 g/mol. The molecule has 1 aliphatic rings. The fourth-order valence-corrected chi connectivity index (χ4v) is 2.48. The maximum Gasteiger partial charge on any atom is 0.0680 e. The van der Waals surface area contributed by atoms with E-state index in [1.807, 2.05) is 0 Å². The molecule has 2 atom stereocenters. The lowest BCUT2D eigenvalue weighted by Crippen LogP contribution is -2.37. The van der Waals surface area contributed by atoms with Crippen molar-refractivity contribution in [2.75, 3.05) is 5.43 Å². The number of hydrogen-bond donors (Lipinski definition) is 1. The maximum atomic E-state index is 9.13. The summed E-state index contributed by atoms with van der Waals surface area (Å²) >= 11 is 0. The lowest BCUT2D eigenvalue weighted by Gasteiger charge is -2.30. The molecule has 3 nitrogen and oxygen atoms in total. The van der Waals surface area contributed by atoms with Crippen LogP contribution in [0, 0.1) is 31.1 Å². The molecule has 2 unspecified atom stereocenters. The number of aryl methyl sites for hydroxylation is 2. The molecule has 0 radical (unpaired) electrons. The van der Waals surface area contributed by atoms with E-state index in [0.29, 0.717) is 6.04 Å². The minimum atomic E-state index is 0.162. The molecule has 3 heteroatoms. The molecular formula is C13H19N3. The Morgan fingerprint density at radius 3 is 2.50 bits per heavy atom. The third-order valence-corrected chi connectivity index (χ3v) is 3.50. The minimum Gasteiger partial charge on any atom is -0.322 e. The number of nitrogens with one attached hydrogen (secondary N) is 1. The van der Waals surface area contributed by atoms with Crippen molar-refractivity contribution < 1.29 is 0 Å². The summed E-state index contributed by atoms with van der Waals surface area (Å²) in [5.74, 6) is 0.162. The maximum absolute atomic E-state index is 9.13. The predicted molar refractivity (Wildman–Crippen MR) is 64.6 cm³/mol. The van der Waals surface area contributed by atoms with Gasteiger partial charge in [0.2, 0.25) is 0 Å². The molecular weight excluding hydrogens is 198 g/mol. The van der Waals surface area contributed by atoms with Gasteiger partial charge in [-0.3, -0.25) is 4.68 Å². The summed E-state index contributed by atoms with van der Waals surface area (Å²) in [5.41, 5.74) is 5.91. The van der Waals surface area contributed by atoms with Crippen LogP contribution < -0.4 is 5.43 Å². The van der Waals surface area contributed by atoms with Crippen molar-refractivity contribution in [3.63, 3.8) is 0 Å². The van der Waals surface area contributed by atoms with Gasteiger partial charge in [0, 0.05) is 11.4 Å². The molecule has 86 valence electrons. The highest BCUT2D eigenvalue weighted by molar-refractivity contribution is 5.17. The van der Waals surface area contributed by atoms with E-state index in [4.69, 9.17) is 5.26 Å². The first-order valence-corrected chi connectivity index (χ1v) is 6.03. The Labute approximate surface area is 97.0 Å². The number of rotatable bonds is 2. The van der Waals surface area contributed by atoms with Crippen LogP contribution in [0.25, 0.3) is 0 Å². The second-order valence-corrected chi connectivity index (χ2v) is 4.71. The molecule has 1 aromatic rings. The number of aromatic nitrogens is 1. The van der Waals surface area contributed by atoms with E-state index in [-0.39, 0.29) is 5.92 Å². The fraction of sp³-hybridized carbons (Fsp3) is 0.615. The Morgan fingerprint density at radius 1 is 1.25 bits per heavy atom. The largest absolute Gasteiger partial charge is 0.322 e. The van der Waals surface area contributed by atoms with E-state index in [0.717, 1.165) is 12.8 Å². The van der Waals surface area contributed by atoms with Gasteiger partial charge in [-0.05, 0) is 38.8 Å². The molecule has 1 saturated carbocycles. The highest BCUT2D eigenvalue weighted by Crippen LogP contribution is 2.25. The van der Waals surface area contributed by atoms with Gasteiger partial charge in [-0.15, -0.1) is 0 Å². The van der Waals surface area contributed by atoms with Crippen molar-refractivity contribution in [2.45, 2.75) is 45.6 Å². The normalized spacial score (nSPS) is 25.1. The van der Waals surface area contributed by atoms with Gasteiger partial charge < -0.3 is 5.43 Å². The number of nitrogens with zero attached hydrogens (tertiary/aromatic N) is 2. The summed E-state index contributed by atoms with van der Waals surface area (Å²) in [5, 5.41) is 9.13. The molecule has 0 bridgehead atoms. The van der Waals surface area contributed by atoms with E-state index in [1.54, 1.807) is 0 Å². The van der Waals surface area contributed by atoms with Crippen LogP contribution in [-0.4, -0.2) is 10.7 Å². The summed E-state index contributed by atoms with van der Waals surface area (Å²) in [4.78, 5) is 0. The average Bonchev–Trinajstić information content (AvgIpc) is 2.61. The minimum absolute atomic E-state index is 0.162. The molecule has 1 fully saturated rings. The van der Waals surface area contributed by atoms with Gasteiger partial charge in [0.15, 0.2) is 0 Å². The second-order valence-electron chi connectivity index (χ2n) is 4.71. The molecule has 1 aliphatic carbocycles. The summed E-state index contributed by atoms with van der Waals surface area (Å²) in [6.45, 7) is 4.18. The summed E-state index contributed by atoms with van der Waals surface area (Å²) < 4.78 is 2.11. The van der Waals surface area contributed by atoms with Crippen molar-refractivity contribution in [3.8, 4) is 6.07 Å². The van der Waals surface area contributed by atoms with Crippen LogP contribution in [0.15, 0.2) is 12.1 Å². The first kappa shape index (κ1) is 11.1. The third-order valence-electron chi connectivity index (χ3n) is 3.50. The van der Waals surface area contributed by atoms with E-state index in [2.05, 4.69) is 42.2 Å². The Morgan fingerprint density at radius 2 is 1.88 bits per heavy atom. The summed E-state index contributed by atoms with van der Waals surface area (Å²) in [7, 11) is 0. The molecule has 1 heterocycles. The van der Waals surface area contributed by atoms with E-state index in [9.17, 15) is 0 Å². The van der Waals surface area contributed by atoms with Crippen molar-refractivity contribution in [3.05, 3.63) is 23.5 Å². The zero-order valence-corrected chi connectivity index (χ0v) is 10.0. The van der Waals surface area contributed by atoms with Crippen molar-refractivity contribution >= 4 is 0 Å². The van der Waals surface area contributed by atoms with Crippen molar-refractivity contribution in [2.24, 2.45) is 5.92 Å². The standard InChI is InChI=1S/C13H19N3/c1-10-7-8-11(2)16(10)15-13-6-4-3-5-12(13)9-14/h7-8,12-13,15H,3-6H2,1-2H3. The van der Waals surface area contributed by atoms with Gasteiger partial charge >= 0.3 is 0 Å². The Hall–Kier alpha value is -1.43. The topological polar surface area (TPSA) is 40.8 Å². The van der Waals surface area contributed by atoms with Crippen LogP contribution in [0.4, 0.5) is 0 Å². The Kier molecular flexibility index (Phi) is 3.19. The zero-order valence-electron chi connectivity index (χ0n) is 10.0. The van der Waals surface area contributed by atoms with Gasteiger partial charge in [-0.2, -0.15) is 5.26 Å². The molecule has 1 aromatic heterocycles. The van der Waals surface area contributed by atoms with Crippen LogP contribution in [0.2, 0.25) is 0 Å². The van der Waals surface area contributed by atoms with E-state index < -0.39 is 0 Å². The van der Waals surface area contributed by atoms with Crippen LogP contribution >= 0.6 is 0 Å². The van der Waals surface area contributed by atoms with Gasteiger partial charge in [0.25, 0.3) is 0 Å². The third kappa shape index (κ3) is 2.06. The highest BCUT2D eigenvalue weighted by atomic mass is 15.4. The highest BCUT2D eigenvalue weighted by Gasteiger charge is 2.25. The predicted octanol–water partition coefficient (Wildman–Crippen LogP) is 2.73. The summed E-state index contributed by atoms with van der Waals surface area (Å²) in [6, 6.07) is 6.95. The van der Waals surface area contributed by atoms with Crippen molar-refractivity contribution in [1.29, 1.82) is 5.26 Å². The molecule has 0 saturated heterocycles. The molecule has 2 rings (SSSR count). The Bertz CT molecular complexity index is 380. The Balaban J connectivity index is 2.11. The van der Waals surface area contributed by atoms with Gasteiger partial charge in [0.1, 0.15) is 0 Å². The SMILES string of the molecule is Cc1ccc(C)n1NC1CCCCC1C#N. The fourth-order valence-electron chi connectivity index (χ4n) is 2.48. The first-order valence-electron chi connectivity index (χ1n) is 6.03. The van der Waals surface area contributed by atoms with Gasteiger partial charge in [0.05, 0.1) is 18.0 Å². The van der Waals surface area contributed by atoms with Gasteiger partial charge in [-0.1, -0.05) is 12.8 Å². The molecule has 0 spiro atoms. The second kappa shape index (κ2) is 4.61. The number of nitriles is 1. The molecule has 1 N–H and O–H groups in total. The van der Waals surface area contributed by atoms with E-state index in [1.165, 1.54) is 24.2 Å². The van der Waals surface area contributed by atoms with Crippen LogP contribution in [0.5, 0.6) is 0 Å². The molecule has 0 amide bonds. The van der Waals surface area contributed by atoms with Gasteiger partial charge in [-0.25, -0.2) is 0 Å². The van der Waals surface area contributed by atoms with Crippen LogP contribution in [0.3, 0.4) is 0 Å². The molecule has 0 aromatic carbocycles. The van der Waals surface area contributed by atoms with Crippen molar-refractivity contribution in [1.82, 2.24) is 4.68 Å². The quantitative estimate of drug-likeness (QED) is 0.827. The average molecular weight is 217 g/mol. The smallest absolute Gasteiger partial charge is 0.0680 e. The van der Waals surface area contributed by atoms with Crippen LogP contribution in [-0.2, 0) is 0 Å². The lowest BCUT2D eigenvalue weighted by atomic mass is 9.86. The van der Waals surface area contributed by atoms with Crippen LogP contribution in [0.1, 0.15) is 37.1 Å². The lowest BCUT2D eigenvalue weighted by molar-refractivity contribution is 0.367. The molecule has 0 aliphatic heterocycles. The molecule has 16 heavy (non-hydrogen) atoms. The summed E-state index contributed by atoms with van der Waals surface area (Å²) in [6.07, 6.45) is 4.57. The number of hydrogen-bond acceptors (Lipinski definition) is 2. The zero-order chi connectivity index (χ0) is 11.5. The van der Waals surface area contributed by atoms with E-state index >= 15 is 0 Å².